The van der Waals surface area contributed by atoms with Crippen LogP contribution in [0.25, 0.3) is 0 Å². The van der Waals surface area contributed by atoms with Gasteiger partial charge in [0.25, 0.3) is 0 Å². The Morgan fingerprint density at radius 1 is 1.42 bits per heavy atom. The largest absolute Gasteiger partial charge is 0.391 e. The molecule has 0 aliphatic heterocycles. The second-order valence-corrected chi connectivity index (χ2v) is 8.90. The molecule has 0 aromatic carbocycles. The van der Waals surface area contributed by atoms with E-state index in [0.29, 0.717) is 4.88 Å². The van der Waals surface area contributed by atoms with Crippen molar-refractivity contribution in [2.45, 2.75) is 56.4 Å². The number of thiophene rings is 1. The molecule has 19 heavy (non-hydrogen) atoms. The molecule has 0 amide bonds. The molecule has 0 spiro atoms. The van der Waals surface area contributed by atoms with Gasteiger partial charge in [-0.25, -0.2) is 13.1 Å². The van der Waals surface area contributed by atoms with Crippen molar-refractivity contribution in [1.82, 2.24) is 4.72 Å². The molecule has 1 heterocycles. The molecule has 2 rings (SSSR count). The molecule has 0 saturated heterocycles. The minimum atomic E-state index is -3.46. The standard InChI is InChI=1S/C13H21NO3S2/c1-13(2)8-4-3-5-11(13)14-19(16,17)12-7-6-10(9-15)18-12/h6-7,11,14-15H,3-5,8-9H2,1-2H3. The maximum atomic E-state index is 12.3. The topological polar surface area (TPSA) is 66.4 Å². The maximum absolute atomic E-state index is 12.3. The van der Waals surface area contributed by atoms with Crippen LogP contribution in [0, 0.1) is 5.41 Å². The first-order valence-corrected chi connectivity index (χ1v) is 8.87. The quantitative estimate of drug-likeness (QED) is 0.898. The van der Waals surface area contributed by atoms with Gasteiger partial charge in [-0.2, -0.15) is 0 Å². The summed E-state index contributed by atoms with van der Waals surface area (Å²) in [4.78, 5) is 0.670. The molecule has 1 aromatic heterocycles. The van der Waals surface area contributed by atoms with Gasteiger partial charge in [0.1, 0.15) is 4.21 Å². The average Bonchev–Trinajstić information content (AvgIpc) is 2.81. The van der Waals surface area contributed by atoms with Crippen LogP contribution in [-0.4, -0.2) is 19.6 Å². The smallest absolute Gasteiger partial charge is 0.250 e. The first-order valence-electron chi connectivity index (χ1n) is 6.57. The lowest BCUT2D eigenvalue weighted by atomic mass is 9.74. The summed E-state index contributed by atoms with van der Waals surface area (Å²) in [6.45, 7) is 4.12. The molecule has 6 heteroatoms. The molecule has 108 valence electrons. The third-order valence-electron chi connectivity index (χ3n) is 3.86. The third-order valence-corrected chi connectivity index (χ3v) is 6.90. The molecule has 1 saturated carbocycles. The Labute approximate surface area is 118 Å². The monoisotopic (exact) mass is 303 g/mol. The summed E-state index contributed by atoms with van der Waals surface area (Å²) in [6, 6.07) is 3.21. The molecule has 0 bridgehead atoms. The highest BCUT2D eigenvalue weighted by Crippen LogP contribution is 2.36. The molecule has 1 atom stereocenters. The molecule has 1 aliphatic rings. The predicted molar refractivity (Wildman–Crippen MR) is 76.6 cm³/mol. The third kappa shape index (κ3) is 3.37. The van der Waals surface area contributed by atoms with Gasteiger partial charge in [-0.15, -0.1) is 11.3 Å². The van der Waals surface area contributed by atoms with Crippen LogP contribution >= 0.6 is 11.3 Å². The Morgan fingerprint density at radius 3 is 2.74 bits per heavy atom. The van der Waals surface area contributed by atoms with E-state index in [2.05, 4.69) is 18.6 Å². The molecule has 1 aromatic rings. The van der Waals surface area contributed by atoms with Crippen LogP contribution in [0.5, 0.6) is 0 Å². The maximum Gasteiger partial charge on any atom is 0.250 e. The van der Waals surface area contributed by atoms with Crippen LogP contribution in [-0.2, 0) is 16.6 Å². The number of aliphatic hydroxyl groups excluding tert-OH is 1. The van der Waals surface area contributed by atoms with E-state index in [9.17, 15) is 8.42 Å². The molecule has 1 unspecified atom stereocenters. The minimum Gasteiger partial charge on any atom is -0.391 e. The zero-order valence-electron chi connectivity index (χ0n) is 11.3. The van der Waals surface area contributed by atoms with Gasteiger partial charge in [0.05, 0.1) is 6.61 Å². The molecule has 0 radical (unpaired) electrons. The number of hydrogen-bond acceptors (Lipinski definition) is 4. The van der Waals surface area contributed by atoms with Crippen molar-refractivity contribution in [2.24, 2.45) is 5.41 Å². The van der Waals surface area contributed by atoms with Gasteiger partial charge in [-0.05, 0) is 30.4 Å². The van der Waals surface area contributed by atoms with Gasteiger partial charge in [-0.1, -0.05) is 26.7 Å². The Bertz CT molecular complexity index is 534. The summed E-state index contributed by atoms with van der Waals surface area (Å²) in [5.41, 5.74) is 0.00237. The van der Waals surface area contributed by atoms with E-state index < -0.39 is 10.0 Å². The highest BCUT2D eigenvalue weighted by molar-refractivity contribution is 7.91. The van der Waals surface area contributed by atoms with Crippen molar-refractivity contribution >= 4 is 21.4 Å². The van der Waals surface area contributed by atoms with Crippen LogP contribution in [0.4, 0.5) is 0 Å². The molecule has 4 nitrogen and oxygen atoms in total. The molecule has 1 fully saturated rings. The summed E-state index contributed by atoms with van der Waals surface area (Å²) >= 11 is 1.13. The van der Waals surface area contributed by atoms with E-state index in [4.69, 9.17) is 5.11 Å². The summed E-state index contributed by atoms with van der Waals surface area (Å²) in [6.07, 6.45) is 4.18. The van der Waals surface area contributed by atoms with Gasteiger partial charge in [0.2, 0.25) is 10.0 Å². The van der Waals surface area contributed by atoms with Crippen molar-refractivity contribution in [3.8, 4) is 0 Å². The number of sulfonamides is 1. The number of hydrogen-bond donors (Lipinski definition) is 2. The summed E-state index contributed by atoms with van der Waals surface area (Å²) in [5.74, 6) is 0. The second kappa shape index (κ2) is 5.52. The van der Waals surface area contributed by atoms with Crippen LogP contribution in [0.15, 0.2) is 16.3 Å². The lowest BCUT2D eigenvalue weighted by molar-refractivity contribution is 0.188. The van der Waals surface area contributed by atoms with E-state index in [1.807, 2.05) is 0 Å². The van der Waals surface area contributed by atoms with Crippen LogP contribution in [0.2, 0.25) is 0 Å². The Hall–Kier alpha value is -0.430. The summed E-state index contributed by atoms with van der Waals surface area (Å²) in [7, 11) is -3.46. The number of nitrogens with one attached hydrogen (secondary N) is 1. The second-order valence-electron chi connectivity index (χ2n) is 5.79. The lowest BCUT2D eigenvalue weighted by Gasteiger charge is -2.38. The van der Waals surface area contributed by atoms with Crippen molar-refractivity contribution < 1.29 is 13.5 Å². The van der Waals surface area contributed by atoms with Gasteiger partial charge >= 0.3 is 0 Å². The van der Waals surface area contributed by atoms with E-state index in [-0.39, 0.29) is 22.3 Å². The van der Waals surface area contributed by atoms with Gasteiger partial charge in [0, 0.05) is 10.9 Å². The Balaban J connectivity index is 2.16. The fourth-order valence-corrected chi connectivity index (χ4v) is 5.22. The average molecular weight is 303 g/mol. The van der Waals surface area contributed by atoms with Crippen molar-refractivity contribution in [3.05, 3.63) is 17.0 Å². The molecule has 2 N–H and O–H groups in total. The van der Waals surface area contributed by atoms with E-state index in [1.165, 1.54) is 6.42 Å². The fourth-order valence-electron chi connectivity index (χ4n) is 2.55. The fraction of sp³-hybridized carbons (Fsp3) is 0.692. The van der Waals surface area contributed by atoms with E-state index in [1.54, 1.807) is 12.1 Å². The van der Waals surface area contributed by atoms with Gasteiger partial charge < -0.3 is 5.11 Å². The zero-order valence-corrected chi connectivity index (χ0v) is 13.0. The SMILES string of the molecule is CC1(C)CCCCC1NS(=O)(=O)c1ccc(CO)s1. The normalized spacial score (nSPS) is 23.4. The van der Waals surface area contributed by atoms with E-state index >= 15 is 0 Å². The lowest BCUT2D eigenvalue weighted by Crippen LogP contribution is -2.46. The molecular weight excluding hydrogens is 282 g/mol. The highest BCUT2D eigenvalue weighted by atomic mass is 32.2. The number of aliphatic hydroxyl groups is 1. The Morgan fingerprint density at radius 2 is 2.16 bits per heavy atom. The van der Waals surface area contributed by atoms with Crippen LogP contribution in [0.3, 0.4) is 0 Å². The molecular formula is C13H21NO3S2. The summed E-state index contributed by atoms with van der Waals surface area (Å²) in [5, 5.41) is 9.02. The first kappa shape index (κ1) is 15.0. The van der Waals surface area contributed by atoms with Crippen molar-refractivity contribution in [1.29, 1.82) is 0 Å². The molecule has 1 aliphatic carbocycles. The van der Waals surface area contributed by atoms with E-state index in [0.717, 1.165) is 30.6 Å². The van der Waals surface area contributed by atoms with Crippen molar-refractivity contribution in [2.75, 3.05) is 0 Å². The van der Waals surface area contributed by atoms with Crippen LogP contribution < -0.4 is 4.72 Å². The minimum absolute atomic E-state index is 0.00237. The number of rotatable bonds is 4. The zero-order chi connectivity index (χ0) is 14.1. The predicted octanol–water partition coefficient (Wildman–Crippen LogP) is 2.49. The van der Waals surface area contributed by atoms with Gasteiger partial charge in [-0.3, -0.25) is 0 Å². The summed E-state index contributed by atoms with van der Waals surface area (Å²) < 4.78 is 27.8. The highest BCUT2D eigenvalue weighted by Gasteiger charge is 2.35. The van der Waals surface area contributed by atoms with Crippen LogP contribution in [0.1, 0.15) is 44.4 Å². The Kier molecular flexibility index (Phi) is 4.35. The van der Waals surface area contributed by atoms with Crippen molar-refractivity contribution in [3.63, 3.8) is 0 Å². The van der Waals surface area contributed by atoms with Gasteiger partial charge in [0.15, 0.2) is 0 Å². The first-order chi connectivity index (χ1) is 8.85.